The van der Waals surface area contributed by atoms with Crippen LogP contribution in [0.4, 0.5) is 0 Å². The van der Waals surface area contributed by atoms with E-state index in [2.05, 4.69) is 93.7 Å². The van der Waals surface area contributed by atoms with Gasteiger partial charge in [-0.2, -0.15) is 0 Å². The smallest absolute Gasteiger partial charge is 0.306 e. The van der Waals surface area contributed by atoms with Crippen LogP contribution in [0.25, 0.3) is 0 Å². The molecule has 6 nitrogen and oxygen atoms in total. The van der Waals surface area contributed by atoms with Gasteiger partial charge in [-0.15, -0.1) is 0 Å². The molecule has 0 N–H and O–H groups in total. The Morgan fingerprint density at radius 1 is 0.328 bits per heavy atom. The average Bonchev–Trinajstić information content (AvgIpc) is 3.29. The average molecular weight is 893 g/mol. The van der Waals surface area contributed by atoms with Crippen molar-refractivity contribution in [3.63, 3.8) is 0 Å². The Morgan fingerprint density at radius 2 is 0.609 bits per heavy atom. The molecule has 0 aliphatic rings. The van der Waals surface area contributed by atoms with Crippen LogP contribution in [0.15, 0.2) is 72.9 Å². The predicted octanol–water partition coefficient (Wildman–Crippen LogP) is 17.8. The van der Waals surface area contributed by atoms with Gasteiger partial charge in [0.1, 0.15) is 13.2 Å². The largest absolute Gasteiger partial charge is 0.462 e. The Hall–Kier alpha value is -3.15. The zero-order valence-corrected chi connectivity index (χ0v) is 42.0. The molecule has 1 atom stereocenters. The molecule has 0 rings (SSSR count). The van der Waals surface area contributed by atoms with Gasteiger partial charge in [0, 0.05) is 19.3 Å². The molecule has 0 aromatic carbocycles. The fourth-order valence-electron chi connectivity index (χ4n) is 7.50. The van der Waals surface area contributed by atoms with Gasteiger partial charge < -0.3 is 14.2 Å². The van der Waals surface area contributed by atoms with Gasteiger partial charge in [-0.3, -0.25) is 14.4 Å². The number of ether oxygens (including phenoxy) is 3. The van der Waals surface area contributed by atoms with Crippen LogP contribution < -0.4 is 0 Å². The Bertz CT molecular complexity index is 1210. The lowest BCUT2D eigenvalue weighted by Gasteiger charge is -2.18. The van der Waals surface area contributed by atoms with Crippen molar-refractivity contribution in [1.29, 1.82) is 0 Å². The standard InChI is InChI=1S/C58H100O6/c1-4-7-10-13-16-19-22-25-27-28-29-31-33-36-39-42-45-48-51-57(60)63-54-55(53-62-56(59)50-47-44-41-38-35-32-24-21-18-15-12-9-6-3)64-58(61)52-49-46-43-40-37-34-30-26-23-20-17-14-11-8-5-2/h9,12,15,18,21-22,24-25,27-29,31,55H,4-8,10-11,13-14,16-17,19-20,23,26,30,32-54H2,1-3H3/b12-9+,18-15+,24-21+,25-22+,28-27+,31-29+. The molecule has 0 radical (unpaired) electrons. The highest BCUT2D eigenvalue weighted by Gasteiger charge is 2.19. The van der Waals surface area contributed by atoms with E-state index in [1.54, 1.807) is 0 Å². The molecule has 0 saturated heterocycles. The first-order valence-corrected chi connectivity index (χ1v) is 27.0. The van der Waals surface area contributed by atoms with Gasteiger partial charge in [-0.25, -0.2) is 0 Å². The Morgan fingerprint density at radius 3 is 0.938 bits per heavy atom. The third-order valence-electron chi connectivity index (χ3n) is 11.6. The summed E-state index contributed by atoms with van der Waals surface area (Å²) in [5.74, 6) is -0.923. The van der Waals surface area contributed by atoms with Crippen molar-refractivity contribution >= 4 is 17.9 Å². The van der Waals surface area contributed by atoms with E-state index >= 15 is 0 Å². The topological polar surface area (TPSA) is 78.9 Å². The first kappa shape index (κ1) is 60.9. The van der Waals surface area contributed by atoms with Gasteiger partial charge in [0.15, 0.2) is 6.10 Å². The minimum Gasteiger partial charge on any atom is -0.462 e. The molecular weight excluding hydrogens is 793 g/mol. The van der Waals surface area contributed by atoms with Gasteiger partial charge in [-0.1, -0.05) is 248 Å². The molecule has 1 unspecified atom stereocenters. The van der Waals surface area contributed by atoms with E-state index < -0.39 is 6.10 Å². The van der Waals surface area contributed by atoms with Crippen LogP contribution in [0.5, 0.6) is 0 Å². The van der Waals surface area contributed by atoms with Crippen molar-refractivity contribution in [2.24, 2.45) is 0 Å². The summed E-state index contributed by atoms with van der Waals surface area (Å²) in [5.41, 5.74) is 0. The minimum absolute atomic E-state index is 0.0913. The summed E-state index contributed by atoms with van der Waals surface area (Å²) in [4.78, 5) is 38.0. The summed E-state index contributed by atoms with van der Waals surface area (Å²) >= 11 is 0. The Kier molecular flexibility index (Phi) is 49.9. The van der Waals surface area contributed by atoms with E-state index in [0.717, 1.165) is 103 Å². The monoisotopic (exact) mass is 893 g/mol. The van der Waals surface area contributed by atoms with Crippen molar-refractivity contribution < 1.29 is 28.6 Å². The second-order valence-corrected chi connectivity index (χ2v) is 17.9. The summed E-state index contributed by atoms with van der Waals surface area (Å²) in [6, 6.07) is 0. The summed E-state index contributed by atoms with van der Waals surface area (Å²) in [7, 11) is 0. The lowest BCUT2D eigenvalue weighted by atomic mass is 10.0. The lowest BCUT2D eigenvalue weighted by molar-refractivity contribution is -0.167. The molecule has 0 aliphatic heterocycles. The number of unbranched alkanes of at least 4 members (excludes halogenated alkanes) is 29. The fraction of sp³-hybridized carbons (Fsp3) is 0.741. The molecule has 64 heavy (non-hydrogen) atoms. The van der Waals surface area contributed by atoms with Gasteiger partial charge >= 0.3 is 17.9 Å². The number of rotatable bonds is 48. The molecular formula is C58H100O6. The van der Waals surface area contributed by atoms with Crippen molar-refractivity contribution in [3.05, 3.63) is 72.9 Å². The van der Waals surface area contributed by atoms with Crippen molar-refractivity contribution in [2.75, 3.05) is 13.2 Å². The van der Waals surface area contributed by atoms with E-state index in [9.17, 15) is 14.4 Å². The van der Waals surface area contributed by atoms with Crippen LogP contribution in [0.3, 0.4) is 0 Å². The number of carbonyl (C=O) groups is 3. The lowest BCUT2D eigenvalue weighted by Crippen LogP contribution is -2.30. The number of hydrogen-bond acceptors (Lipinski definition) is 6. The second-order valence-electron chi connectivity index (χ2n) is 17.9. The van der Waals surface area contributed by atoms with E-state index in [1.807, 2.05) is 0 Å². The minimum atomic E-state index is -0.790. The second kappa shape index (κ2) is 52.5. The van der Waals surface area contributed by atoms with Crippen LogP contribution >= 0.6 is 0 Å². The third kappa shape index (κ3) is 49.9. The normalized spacial score (nSPS) is 12.6. The van der Waals surface area contributed by atoms with Crippen molar-refractivity contribution in [1.82, 2.24) is 0 Å². The van der Waals surface area contributed by atoms with Gasteiger partial charge in [0.25, 0.3) is 0 Å². The molecule has 0 amide bonds. The maximum absolute atomic E-state index is 12.8. The van der Waals surface area contributed by atoms with Gasteiger partial charge in [-0.05, 0) is 64.2 Å². The molecule has 0 saturated carbocycles. The van der Waals surface area contributed by atoms with E-state index in [1.165, 1.54) is 116 Å². The highest BCUT2D eigenvalue weighted by molar-refractivity contribution is 5.71. The summed E-state index contributed by atoms with van der Waals surface area (Å²) in [5, 5.41) is 0. The van der Waals surface area contributed by atoms with E-state index in [-0.39, 0.29) is 31.1 Å². The molecule has 0 aromatic heterocycles. The first-order valence-electron chi connectivity index (χ1n) is 27.0. The van der Waals surface area contributed by atoms with E-state index in [0.29, 0.717) is 19.3 Å². The van der Waals surface area contributed by atoms with Crippen LogP contribution in [0.2, 0.25) is 0 Å². The third-order valence-corrected chi connectivity index (χ3v) is 11.6. The quantitative estimate of drug-likeness (QED) is 0.0262. The molecule has 0 aromatic rings. The Labute approximate surface area is 395 Å². The maximum Gasteiger partial charge on any atom is 0.306 e. The molecule has 0 bridgehead atoms. The zero-order valence-electron chi connectivity index (χ0n) is 42.0. The number of carbonyl (C=O) groups excluding carboxylic acids is 3. The highest BCUT2D eigenvalue weighted by atomic mass is 16.6. The molecule has 6 heteroatoms. The van der Waals surface area contributed by atoms with Crippen LogP contribution in [-0.4, -0.2) is 37.2 Å². The first-order chi connectivity index (χ1) is 31.5. The van der Waals surface area contributed by atoms with Crippen LogP contribution in [0, 0.1) is 0 Å². The maximum atomic E-state index is 12.8. The molecule has 368 valence electrons. The summed E-state index contributed by atoms with van der Waals surface area (Å²) < 4.78 is 16.8. The zero-order chi connectivity index (χ0) is 46.5. The van der Waals surface area contributed by atoms with Crippen molar-refractivity contribution in [2.45, 2.75) is 264 Å². The highest BCUT2D eigenvalue weighted by Crippen LogP contribution is 2.15. The predicted molar refractivity (Wildman–Crippen MR) is 274 cm³/mol. The number of allylic oxidation sites excluding steroid dienone is 12. The Balaban J connectivity index is 4.43. The molecule has 0 spiro atoms. The van der Waals surface area contributed by atoms with Gasteiger partial charge in [0.05, 0.1) is 0 Å². The van der Waals surface area contributed by atoms with E-state index in [4.69, 9.17) is 14.2 Å². The van der Waals surface area contributed by atoms with Crippen LogP contribution in [0.1, 0.15) is 258 Å². The molecule has 0 aliphatic carbocycles. The van der Waals surface area contributed by atoms with Crippen molar-refractivity contribution in [3.8, 4) is 0 Å². The summed E-state index contributed by atoms with van der Waals surface area (Å²) in [6.45, 7) is 6.47. The molecule has 0 fully saturated rings. The number of hydrogen-bond donors (Lipinski definition) is 0. The summed E-state index contributed by atoms with van der Waals surface area (Å²) in [6.07, 6.45) is 66.0. The fourth-order valence-corrected chi connectivity index (χ4v) is 7.50. The van der Waals surface area contributed by atoms with Gasteiger partial charge in [0.2, 0.25) is 0 Å². The van der Waals surface area contributed by atoms with Crippen LogP contribution in [-0.2, 0) is 28.6 Å². The number of esters is 3. The SMILES string of the molecule is CC/C=C/C=C/C=C/CCCCCCCC(=O)OCC(COC(=O)CCCCCCC/C=C/C=C/C=C/CCCCCCC)OC(=O)CCCCCCCCCCCCCCCCC. The molecule has 0 heterocycles.